The number of nitrogens with zero attached hydrogens (tertiary/aromatic N) is 1. The number of rotatable bonds is 6. The molecule has 0 saturated carbocycles. The van der Waals surface area contributed by atoms with E-state index in [0.29, 0.717) is 25.2 Å². The van der Waals surface area contributed by atoms with Gasteiger partial charge in [-0.1, -0.05) is 12.1 Å². The lowest BCUT2D eigenvalue weighted by Crippen LogP contribution is -2.37. The van der Waals surface area contributed by atoms with E-state index in [-0.39, 0.29) is 24.2 Å². The van der Waals surface area contributed by atoms with Gasteiger partial charge in [-0.25, -0.2) is 0 Å². The maximum Gasteiger partial charge on any atom is 0.253 e. The van der Waals surface area contributed by atoms with Gasteiger partial charge in [0.25, 0.3) is 5.91 Å². The Morgan fingerprint density at radius 1 is 1.19 bits per heavy atom. The molecule has 0 radical (unpaired) electrons. The van der Waals surface area contributed by atoms with Crippen LogP contribution in [0.25, 0.3) is 0 Å². The summed E-state index contributed by atoms with van der Waals surface area (Å²) in [5, 5.41) is 2.73. The Hall–Kier alpha value is -1.59. The first-order chi connectivity index (χ1) is 9.49. The highest BCUT2D eigenvalue weighted by molar-refractivity contribution is 5.94. The van der Waals surface area contributed by atoms with Gasteiger partial charge in [-0.05, 0) is 38.5 Å². The van der Waals surface area contributed by atoms with Crippen LogP contribution in [0.15, 0.2) is 24.3 Å². The molecule has 1 aromatic rings. The molecule has 6 heteroatoms. The van der Waals surface area contributed by atoms with Gasteiger partial charge in [0, 0.05) is 25.2 Å². The van der Waals surface area contributed by atoms with Crippen molar-refractivity contribution in [3.63, 3.8) is 0 Å². The van der Waals surface area contributed by atoms with Crippen LogP contribution >= 0.6 is 12.4 Å². The Bertz CT molecular complexity index is 456. The van der Waals surface area contributed by atoms with Crippen LogP contribution in [-0.4, -0.2) is 35.8 Å². The lowest BCUT2D eigenvalue weighted by molar-refractivity contribution is -0.122. The van der Waals surface area contributed by atoms with Crippen LogP contribution in [0, 0.1) is 0 Å². The minimum atomic E-state index is -0.515. The second kappa shape index (κ2) is 9.37. The summed E-state index contributed by atoms with van der Waals surface area (Å²) in [6.45, 7) is 7.36. The third kappa shape index (κ3) is 5.73. The topological polar surface area (TPSA) is 75.4 Å². The summed E-state index contributed by atoms with van der Waals surface area (Å²) in [6.07, 6.45) is 0. The first-order valence-electron chi connectivity index (χ1n) is 6.91. The number of carbonyl (C=O) groups is 2. The first kappa shape index (κ1) is 19.4. The zero-order valence-electron chi connectivity index (χ0n) is 12.8. The van der Waals surface area contributed by atoms with E-state index in [1.807, 2.05) is 26.0 Å². The molecule has 1 atom stereocenters. The summed E-state index contributed by atoms with van der Waals surface area (Å²) >= 11 is 0. The van der Waals surface area contributed by atoms with E-state index in [9.17, 15) is 9.59 Å². The van der Waals surface area contributed by atoms with Gasteiger partial charge in [-0.2, -0.15) is 0 Å². The lowest BCUT2D eigenvalue weighted by Gasteiger charge is -2.18. The Kier molecular flexibility index (Phi) is 8.66. The van der Waals surface area contributed by atoms with E-state index >= 15 is 0 Å². The SMILES string of the molecule is CCN(CC)C(=O)c1ccc(CNC(=O)[C@@H](C)N)cc1.Cl. The van der Waals surface area contributed by atoms with Crippen LogP contribution in [0.2, 0.25) is 0 Å². The lowest BCUT2D eigenvalue weighted by atomic mass is 10.1. The summed E-state index contributed by atoms with van der Waals surface area (Å²) in [7, 11) is 0. The van der Waals surface area contributed by atoms with Crippen molar-refractivity contribution in [2.45, 2.75) is 33.4 Å². The van der Waals surface area contributed by atoms with Gasteiger partial charge < -0.3 is 16.0 Å². The smallest absolute Gasteiger partial charge is 0.253 e. The molecule has 0 fully saturated rings. The highest BCUT2D eigenvalue weighted by Crippen LogP contribution is 2.08. The van der Waals surface area contributed by atoms with Crippen molar-refractivity contribution in [2.75, 3.05) is 13.1 Å². The second-order valence-corrected chi connectivity index (χ2v) is 4.68. The van der Waals surface area contributed by atoms with Crippen LogP contribution in [0.1, 0.15) is 36.7 Å². The second-order valence-electron chi connectivity index (χ2n) is 4.68. The van der Waals surface area contributed by atoms with Gasteiger partial charge >= 0.3 is 0 Å². The molecule has 3 N–H and O–H groups in total. The third-order valence-electron chi connectivity index (χ3n) is 3.13. The zero-order chi connectivity index (χ0) is 15.1. The minimum Gasteiger partial charge on any atom is -0.351 e. The molecule has 5 nitrogen and oxygen atoms in total. The summed E-state index contributed by atoms with van der Waals surface area (Å²) in [4.78, 5) is 25.2. The van der Waals surface area contributed by atoms with E-state index in [0.717, 1.165) is 5.56 Å². The van der Waals surface area contributed by atoms with Crippen molar-refractivity contribution in [3.05, 3.63) is 35.4 Å². The van der Waals surface area contributed by atoms with E-state index in [2.05, 4.69) is 5.32 Å². The van der Waals surface area contributed by atoms with Gasteiger partial charge in [0.15, 0.2) is 0 Å². The average molecular weight is 314 g/mol. The summed E-state index contributed by atoms with van der Waals surface area (Å²) in [5.74, 6) is -0.158. The normalized spacial score (nSPS) is 11.2. The molecule has 21 heavy (non-hydrogen) atoms. The summed E-state index contributed by atoms with van der Waals surface area (Å²) in [5.41, 5.74) is 7.07. The van der Waals surface area contributed by atoms with Gasteiger partial charge in [0.2, 0.25) is 5.91 Å². The quantitative estimate of drug-likeness (QED) is 0.836. The number of hydrogen-bond acceptors (Lipinski definition) is 3. The summed E-state index contributed by atoms with van der Waals surface area (Å²) in [6, 6.07) is 6.75. The highest BCUT2D eigenvalue weighted by atomic mass is 35.5. The van der Waals surface area contributed by atoms with Crippen LogP contribution in [0.4, 0.5) is 0 Å². The molecule has 118 valence electrons. The minimum absolute atomic E-state index is 0. The Morgan fingerprint density at radius 3 is 2.14 bits per heavy atom. The zero-order valence-corrected chi connectivity index (χ0v) is 13.6. The van der Waals surface area contributed by atoms with Crippen LogP contribution in [0.5, 0.6) is 0 Å². The molecule has 0 aromatic heterocycles. The molecule has 0 spiro atoms. The highest BCUT2D eigenvalue weighted by Gasteiger charge is 2.12. The van der Waals surface area contributed by atoms with E-state index in [1.54, 1.807) is 24.0 Å². The number of hydrogen-bond donors (Lipinski definition) is 2. The molecule has 2 amide bonds. The Balaban J connectivity index is 0.00000400. The van der Waals surface area contributed by atoms with Crippen LogP contribution in [0.3, 0.4) is 0 Å². The fourth-order valence-corrected chi connectivity index (χ4v) is 1.81. The van der Waals surface area contributed by atoms with Crippen LogP contribution in [-0.2, 0) is 11.3 Å². The van der Waals surface area contributed by atoms with Crippen molar-refractivity contribution < 1.29 is 9.59 Å². The number of halogens is 1. The number of amides is 2. The molecule has 0 unspecified atom stereocenters. The molecule has 0 bridgehead atoms. The third-order valence-corrected chi connectivity index (χ3v) is 3.13. The standard InChI is InChI=1S/C15H23N3O2.ClH/c1-4-18(5-2)15(20)13-8-6-12(7-9-13)10-17-14(19)11(3)16;/h6-9,11H,4-5,10,16H2,1-3H3,(H,17,19);1H/t11-;/m1./s1. The largest absolute Gasteiger partial charge is 0.351 e. The van der Waals surface area contributed by atoms with Crippen molar-refractivity contribution in [3.8, 4) is 0 Å². The van der Waals surface area contributed by atoms with E-state index in [1.165, 1.54) is 0 Å². The molecule has 1 aromatic carbocycles. The molecule has 0 aliphatic rings. The molecular weight excluding hydrogens is 290 g/mol. The summed E-state index contributed by atoms with van der Waals surface area (Å²) < 4.78 is 0. The number of carbonyl (C=O) groups excluding carboxylic acids is 2. The van der Waals surface area contributed by atoms with Gasteiger partial charge in [0.05, 0.1) is 6.04 Å². The van der Waals surface area contributed by atoms with Gasteiger partial charge in [-0.3, -0.25) is 9.59 Å². The molecule has 0 saturated heterocycles. The molecular formula is C15H24ClN3O2. The molecule has 0 aliphatic heterocycles. The van der Waals surface area contributed by atoms with Crippen molar-refractivity contribution in [1.82, 2.24) is 10.2 Å². The average Bonchev–Trinajstić information content (AvgIpc) is 2.46. The number of benzene rings is 1. The molecule has 0 heterocycles. The fourth-order valence-electron chi connectivity index (χ4n) is 1.81. The van der Waals surface area contributed by atoms with E-state index < -0.39 is 6.04 Å². The fraction of sp³-hybridized carbons (Fsp3) is 0.467. The first-order valence-corrected chi connectivity index (χ1v) is 6.91. The van der Waals surface area contributed by atoms with E-state index in [4.69, 9.17) is 5.73 Å². The molecule has 1 rings (SSSR count). The Labute approximate surface area is 132 Å². The Morgan fingerprint density at radius 2 is 1.71 bits per heavy atom. The maximum absolute atomic E-state index is 12.1. The monoisotopic (exact) mass is 313 g/mol. The van der Waals surface area contributed by atoms with Crippen molar-refractivity contribution >= 4 is 24.2 Å². The van der Waals surface area contributed by atoms with Gasteiger partial charge in [-0.15, -0.1) is 12.4 Å². The van der Waals surface area contributed by atoms with Crippen molar-refractivity contribution in [2.24, 2.45) is 5.73 Å². The van der Waals surface area contributed by atoms with Gasteiger partial charge in [0.1, 0.15) is 0 Å². The maximum atomic E-state index is 12.1. The van der Waals surface area contributed by atoms with Crippen LogP contribution < -0.4 is 11.1 Å². The predicted molar refractivity (Wildman–Crippen MR) is 86.4 cm³/mol. The van der Waals surface area contributed by atoms with Crippen molar-refractivity contribution in [1.29, 1.82) is 0 Å². The number of nitrogens with two attached hydrogens (primary N) is 1. The number of nitrogens with one attached hydrogen (secondary N) is 1. The molecule has 0 aliphatic carbocycles. The predicted octanol–water partition coefficient (Wildman–Crippen LogP) is 1.55.